The van der Waals surface area contributed by atoms with Crippen molar-refractivity contribution in [3.63, 3.8) is 0 Å². The molecule has 0 bridgehead atoms. The summed E-state index contributed by atoms with van der Waals surface area (Å²) in [6, 6.07) is 6.57. The van der Waals surface area contributed by atoms with Gasteiger partial charge in [0.2, 0.25) is 0 Å². The van der Waals surface area contributed by atoms with E-state index in [2.05, 4.69) is 42.5 Å². The van der Waals surface area contributed by atoms with E-state index in [1.54, 1.807) is 11.3 Å². The summed E-state index contributed by atoms with van der Waals surface area (Å²) in [6.45, 7) is 4.21. The van der Waals surface area contributed by atoms with Gasteiger partial charge in [0.15, 0.2) is 0 Å². The Balaban J connectivity index is 2.25. The van der Waals surface area contributed by atoms with Gasteiger partial charge in [-0.1, -0.05) is 23.8 Å². The molecule has 17 heavy (non-hydrogen) atoms. The summed E-state index contributed by atoms with van der Waals surface area (Å²) in [4.78, 5) is 4.30. The smallest absolute Gasteiger partial charge is 0.0944 e. The third-order valence-corrected chi connectivity index (χ3v) is 3.68. The van der Waals surface area contributed by atoms with Gasteiger partial charge in [0, 0.05) is 18.0 Å². The standard InChI is InChI=1S/C13H17N3S/c1-9-3-4-10(2)11(7-9)12(16-14)8-13-15-5-6-17-13/h3-7,12,16H,8,14H2,1-2H3. The summed E-state index contributed by atoms with van der Waals surface area (Å²) < 4.78 is 0. The van der Waals surface area contributed by atoms with E-state index in [1.807, 2.05) is 11.6 Å². The Morgan fingerprint density at radius 1 is 1.41 bits per heavy atom. The molecule has 3 nitrogen and oxygen atoms in total. The first kappa shape index (κ1) is 12.2. The van der Waals surface area contributed by atoms with Crippen molar-refractivity contribution in [2.24, 2.45) is 5.84 Å². The van der Waals surface area contributed by atoms with Gasteiger partial charge < -0.3 is 0 Å². The van der Waals surface area contributed by atoms with Crippen LogP contribution >= 0.6 is 11.3 Å². The highest BCUT2D eigenvalue weighted by atomic mass is 32.1. The summed E-state index contributed by atoms with van der Waals surface area (Å²) in [5, 5.41) is 3.10. The molecule has 1 heterocycles. The first-order valence-electron chi connectivity index (χ1n) is 5.62. The molecular formula is C13H17N3S. The van der Waals surface area contributed by atoms with Crippen LogP contribution in [0.5, 0.6) is 0 Å². The lowest BCUT2D eigenvalue weighted by atomic mass is 9.97. The molecule has 0 spiro atoms. The molecule has 3 N–H and O–H groups in total. The van der Waals surface area contributed by atoms with E-state index in [0.717, 1.165) is 11.4 Å². The molecule has 0 amide bonds. The van der Waals surface area contributed by atoms with Gasteiger partial charge in [0.1, 0.15) is 0 Å². The largest absolute Gasteiger partial charge is 0.271 e. The number of hydrogen-bond acceptors (Lipinski definition) is 4. The predicted molar refractivity (Wildman–Crippen MR) is 71.8 cm³/mol. The first-order chi connectivity index (χ1) is 8.20. The zero-order valence-corrected chi connectivity index (χ0v) is 10.9. The molecule has 0 aliphatic heterocycles. The minimum absolute atomic E-state index is 0.126. The molecule has 90 valence electrons. The molecule has 0 aliphatic carbocycles. The molecule has 2 aromatic rings. The quantitative estimate of drug-likeness (QED) is 0.644. The fourth-order valence-electron chi connectivity index (χ4n) is 1.92. The molecule has 0 fully saturated rings. The molecule has 1 unspecified atom stereocenters. The van der Waals surface area contributed by atoms with Gasteiger partial charge >= 0.3 is 0 Å². The molecule has 1 aromatic carbocycles. The lowest BCUT2D eigenvalue weighted by Gasteiger charge is -2.18. The van der Waals surface area contributed by atoms with Crippen LogP contribution in [0.4, 0.5) is 0 Å². The third kappa shape index (κ3) is 2.91. The van der Waals surface area contributed by atoms with Crippen molar-refractivity contribution < 1.29 is 0 Å². The minimum Gasteiger partial charge on any atom is -0.271 e. The van der Waals surface area contributed by atoms with E-state index < -0.39 is 0 Å². The van der Waals surface area contributed by atoms with E-state index in [-0.39, 0.29) is 6.04 Å². The van der Waals surface area contributed by atoms with Crippen molar-refractivity contribution in [2.45, 2.75) is 26.3 Å². The van der Waals surface area contributed by atoms with Crippen LogP contribution in [0, 0.1) is 13.8 Å². The normalized spacial score (nSPS) is 12.6. The van der Waals surface area contributed by atoms with E-state index >= 15 is 0 Å². The van der Waals surface area contributed by atoms with E-state index in [0.29, 0.717) is 0 Å². The number of aromatic nitrogens is 1. The maximum atomic E-state index is 5.67. The summed E-state index contributed by atoms with van der Waals surface area (Å²) in [6.07, 6.45) is 2.66. The highest BCUT2D eigenvalue weighted by Crippen LogP contribution is 2.23. The lowest BCUT2D eigenvalue weighted by Crippen LogP contribution is -2.30. The van der Waals surface area contributed by atoms with Crippen LogP contribution in [0.3, 0.4) is 0 Å². The maximum absolute atomic E-state index is 5.67. The van der Waals surface area contributed by atoms with Gasteiger partial charge in [-0.25, -0.2) is 4.98 Å². The average Bonchev–Trinajstić information content (AvgIpc) is 2.82. The number of hydrazine groups is 1. The summed E-state index contributed by atoms with van der Waals surface area (Å²) in [5.41, 5.74) is 6.66. The van der Waals surface area contributed by atoms with E-state index in [9.17, 15) is 0 Å². The van der Waals surface area contributed by atoms with E-state index in [1.165, 1.54) is 16.7 Å². The van der Waals surface area contributed by atoms with Crippen LogP contribution in [0.15, 0.2) is 29.8 Å². The Morgan fingerprint density at radius 2 is 2.24 bits per heavy atom. The SMILES string of the molecule is Cc1ccc(C)c(C(Cc2nccs2)NN)c1. The monoisotopic (exact) mass is 247 g/mol. The summed E-state index contributed by atoms with van der Waals surface area (Å²) in [7, 11) is 0. The Labute approximate surface area is 106 Å². The fourth-order valence-corrected chi connectivity index (χ4v) is 2.59. The van der Waals surface area contributed by atoms with Crippen molar-refractivity contribution >= 4 is 11.3 Å². The Hall–Kier alpha value is -1.23. The van der Waals surface area contributed by atoms with Gasteiger partial charge in [-0.2, -0.15) is 0 Å². The number of thiazole rings is 1. The Bertz CT molecular complexity index is 479. The Kier molecular flexibility index (Phi) is 3.89. The molecule has 4 heteroatoms. The zero-order chi connectivity index (χ0) is 12.3. The second-order valence-corrected chi connectivity index (χ2v) is 5.19. The second kappa shape index (κ2) is 5.40. The molecule has 0 aliphatic rings. The van der Waals surface area contributed by atoms with E-state index in [4.69, 9.17) is 5.84 Å². The molecule has 0 radical (unpaired) electrons. The number of benzene rings is 1. The van der Waals surface area contributed by atoms with Crippen LogP contribution in [-0.4, -0.2) is 4.98 Å². The minimum atomic E-state index is 0.126. The van der Waals surface area contributed by atoms with Gasteiger partial charge in [0.25, 0.3) is 0 Å². The molecule has 2 rings (SSSR count). The number of rotatable bonds is 4. The molecule has 0 saturated heterocycles. The number of hydrogen-bond donors (Lipinski definition) is 2. The molecule has 0 saturated carbocycles. The number of aryl methyl sites for hydroxylation is 2. The zero-order valence-electron chi connectivity index (χ0n) is 10.1. The number of nitrogens with zero attached hydrogens (tertiary/aromatic N) is 1. The average molecular weight is 247 g/mol. The van der Waals surface area contributed by atoms with Crippen LogP contribution in [0.25, 0.3) is 0 Å². The Morgan fingerprint density at radius 3 is 2.88 bits per heavy atom. The fraction of sp³-hybridized carbons (Fsp3) is 0.308. The van der Waals surface area contributed by atoms with Crippen molar-refractivity contribution in [1.29, 1.82) is 0 Å². The highest BCUT2D eigenvalue weighted by molar-refractivity contribution is 7.09. The second-order valence-electron chi connectivity index (χ2n) is 4.21. The van der Waals surface area contributed by atoms with Gasteiger partial charge in [0.05, 0.1) is 11.0 Å². The van der Waals surface area contributed by atoms with Crippen molar-refractivity contribution in [3.8, 4) is 0 Å². The first-order valence-corrected chi connectivity index (χ1v) is 6.50. The topological polar surface area (TPSA) is 50.9 Å². The van der Waals surface area contributed by atoms with Crippen molar-refractivity contribution in [2.75, 3.05) is 0 Å². The number of nitrogens with two attached hydrogens (primary N) is 1. The summed E-state index contributed by atoms with van der Waals surface area (Å²) in [5.74, 6) is 5.67. The van der Waals surface area contributed by atoms with Gasteiger partial charge in [-0.05, 0) is 25.0 Å². The van der Waals surface area contributed by atoms with Crippen LogP contribution < -0.4 is 11.3 Å². The summed E-state index contributed by atoms with van der Waals surface area (Å²) >= 11 is 1.66. The van der Waals surface area contributed by atoms with Crippen LogP contribution in [-0.2, 0) is 6.42 Å². The van der Waals surface area contributed by atoms with Gasteiger partial charge in [-0.15, -0.1) is 11.3 Å². The third-order valence-electron chi connectivity index (χ3n) is 2.87. The van der Waals surface area contributed by atoms with Crippen LogP contribution in [0.1, 0.15) is 27.7 Å². The molecule has 1 aromatic heterocycles. The van der Waals surface area contributed by atoms with Crippen LogP contribution in [0.2, 0.25) is 0 Å². The molecule has 1 atom stereocenters. The number of nitrogens with one attached hydrogen (secondary N) is 1. The van der Waals surface area contributed by atoms with Gasteiger partial charge in [-0.3, -0.25) is 11.3 Å². The maximum Gasteiger partial charge on any atom is 0.0944 e. The highest BCUT2D eigenvalue weighted by Gasteiger charge is 2.14. The lowest BCUT2D eigenvalue weighted by molar-refractivity contribution is 0.548. The van der Waals surface area contributed by atoms with Crippen molar-refractivity contribution in [1.82, 2.24) is 10.4 Å². The predicted octanol–water partition coefficient (Wildman–Crippen LogP) is 2.51. The molecular weight excluding hydrogens is 230 g/mol. The van der Waals surface area contributed by atoms with Crippen molar-refractivity contribution in [3.05, 3.63) is 51.5 Å².